The fraction of sp³-hybridized carbons (Fsp3) is 0.778. The average Bonchev–Trinajstić information content (AvgIpc) is 2.50. The van der Waals surface area contributed by atoms with Crippen LogP contribution in [0.25, 0.3) is 0 Å². The van der Waals surface area contributed by atoms with Gasteiger partial charge in [-0.05, 0) is 19.9 Å². The number of rotatable bonds is 4. The molecular weight excluding hydrogens is 166 g/mol. The van der Waals surface area contributed by atoms with E-state index in [1.54, 1.807) is 0 Å². The minimum Gasteiger partial charge on any atom is -0.424 e. The summed E-state index contributed by atoms with van der Waals surface area (Å²) in [7, 11) is 1.87. The Morgan fingerprint density at radius 2 is 2.00 bits per heavy atom. The van der Waals surface area contributed by atoms with Crippen LogP contribution in [-0.2, 0) is 6.42 Å². The molecule has 1 unspecified atom stereocenters. The molecule has 4 nitrogen and oxygen atoms in total. The van der Waals surface area contributed by atoms with Crippen LogP contribution in [0.4, 0.5) is 0 Å². The second-order valence-corrected chi connectivity index (χ2v) is 3.64. The maximum Gasteiger partial charge on any atom is 0.233 e. The van der Waals surface area contributed by atoms with E-state index in [4.69, 9.17) is 4.42 Å². The van der Waals surface area contributed by atoms with Gasteiger partial charge in [-0.3, -0.25) is 0 Å². The Bertz CT molecular complexity index is 257. The molecule has 0 spiro atoms. The van der Waals surface area contributed by atoms with Gasteiger partial charge in [-0.1, -0.05) is 13.8 Å². The van der Waals surface area contributed by atoms with Crippen molar-refractivity contribution in [3.05, 3.63) is 11.8 Å². The van der Waals surface area contributed by atoms with Crippen molar-refractivity contribution >= 4 is 0 Å². The van der Waals surface area contributed by atoms with Crippen molar-refractivity contribution in [3.8, 4) is 0 Å². The van der Waals surface area contributed by atoms with Crippen LogP contribution < -0.4 is 5.32 Å². The van der Waals surface area contributed by atoms with Crippen LogP contribution in [-0.4, -0.2) is 17.2 Å². The zero-order valence-corrected chi connectivity index (χ0v) is 8.66. The normalized spacial score (nSPS) is 13.6. The third-order valence-electron chi connectivity index (χ3n) is 1.87. The molecule has 1 aromatic rings. The lowest BCUT2D eigenvalue weighted by Crippen LogP contribution is -2.12. The number of aromatic nitrogens is 2. The van der Waals surface area contributed by atoms with Crippen molar-refractivity contribution in [3.63, 3.8) is 0 Å². The second-order valence-electron chi connectivity index (χ2n) is 3.64. The Balaban J connectivity index is 2.63. The van der Waals surface area contributed by atoms with Crippen LogP contribution in [0.1, 0.15) is 38.6 Å². The van der Waals surface area contributed by atoms with E-state index in [9.17, 15) is 0 Å². The van der Waals surface area contributed by atoms with Crippen molar-refractivity contribution in [2.24, 2.45) is 5.92 Å². The first-order valence-corrected chi connectivity index (χ1v) is 4.63. The molecule has 1 aromatic heterocycles. The van der Waals surface area contributed by atoms with E-state index >= 15 is 0 Å². The molecule has 1 atom stereocenters. The molecule has 0 amide bonds. The smallest absolute Gasteiger partial charge is 0.233 e. The minimum absolute atomic E-state index is 0.133. The molecule has 0 aliphatic rings. The van der Waals surface area contributed by atoms with Gasteiger partial charge in [0.1, 0.15) is 0 Å². The maximum absolute atomic E-state index is 5.46. The Hall–Kier alpha value is -0.900. The second kappa shape index (κ2) is 4.37. The summed E-state index contributed by atoms with van der Waals surface area (Å²) in [5, 5.41) is 11.0. The quantitative estimate of drug-likeness (QED) is 0.769. The van der Waals surface area contributed by atoms with Crippen LogP contribution in [0.2, 0.25) is 0 Å². The fourth-order valence-corrected chi connectivity index (χ4v) is 0.997. The summed E-state index contributed by atoms with van der Waals surface area (Å²) >= 11 is 0. The summed E-state index contributed by atoms with van der Waals surface area (Å²) in [4.78, 5) is 0. The van der Waals surface area contributed by atoms with Crippen molar-refractivity contribution < 1.29 is 4.42 Å². The molecule has 1 rings (SSSR count). The van der Waals surface area contributed by atoms with E-state index in [0.717, 1.165) is 12.3 Å². The van der Waals surface area contributed by atoms with E-state index in [1.165, 1.54) is 0 Å². The predicted molar refractivity (Wildman–Crippen MR) is 50.3 cm³/mol. The standard InChI is InChI=1S/C9H17N3O/c1-6(2)5-8-11-12-9(13-8)7(3)10-4/h6-7,10H,5H2,1-4H3. The van der Waals surface area contributed by atoms with Crippen LogP contribution in [0, 0.1) is 5.92 Å². The number of nitrogens with zero attached hydrogens (tertiary/aromatic N) is 2. The van der Waals surface area contributed by atoms with E-state index in [1.807, 2.05) is 14.0 Å². The van der Waals surface area contributed by atoms with Gasteiger partial charge in [0.25, 0.3) is 0 Å². The van der Waals surface area contributed by atoms with Crippen molar-refractivity contribution in [1.82, 2.24) is 15.5 Å². The molecule has 0 saturated carbocycles. The molecule has 0 bridgehead atoms. The van der Waals surface area contributed by atoms with Gasteiger partial charge in [-0.25, -0.2) is 0 Å². The summed E-state index contributed by atoms with van der Waals surface area (Å²) in [5.41, 5.74) is 0. The zero-order valence-electron chi connectivity index (χ0n) is 8.66. The lowest BCUT2D eigenvalue weighted by molar-refractivity contribution is 0.391. The van der Waals surface area contributed by atoms with E-state index in [2.05, 4.69) is 29.4 Å². The molecule has 0 radical (unpaired) electrons. The molecule has 13 heavy (non-hydrogen) atoms. The highest BCUT2D eigenvalue weighted by atomic mass is 16.4. The van der Waals surface area contributed by atoms with E-state index in [0.29, 0.717) is 11.8 Å². The predicted octanol–water partition coefficient (Wildman–Crippen LogP) is 1.55. The van der Waals surface area contributed by atoms with Gasteiger partial charge < -0.3 is 9.73 Å². The fourth-order valence-electron chi connectivity index (χ4n) is 0.997. The summed E-state index contributed by atoms with van der Waals surface area (Å²) in [6.45, 7) is 6.25. The lowest BCUT2D eigenvalue weighted by atomic mass is 10.1. The third-order valence-corrected chi connectivity index (χ3v) is 1.87. The van der Waals surface area contributed by atoms with E-state index in [-0.39, 0.29) is 6.04 Å². The number of nitrogens with one attached hydrogen (secondary N) is 1. The van der Waals surface area contributed by atoms with Crippen LogP contribution in [0.5, 0.6) is 0 Å². The van der Waals surface area contributed by atoms with Gasteiger partial charge >= 0.3 is 0 Å². The Morgan fingerprint density at radius 3 is 2.54 bits per heavy atom. The van der Waals surface area contributed by atoms with Gasteiger partial charge in [0.05, 0.1) is 6.04 Å². The molecule has 0 fully saturated rings. The Kier molecular flexibility index (Phi) is 3.42. The minimum atomic E-state index is 0.133. The van der Waals surface area contributed by atoms with Crippen LogP contribution in [0.3, 0.4) is 0 Å². The summed E-state index contributed by atoms with van der Waals surface area (Å²) in [5.74, 6) is 1.95. The highest BCUT2D eigenvalue weighted by molar-refractivity contribution is 4.88. The van der Waals surface area contributed by atoms with Crippen LogP contribution >= 0.6 is 0 Å². The highest BCUT2D eigenvalue weighted by Crippen LogP contribution is 2.12. The molecule has 4 heteroatoms. The monoisotopic (exact) mass is 183 g/mol. The zero-order chi connectivity index (χ0) is 9.84. The van der Waals surface area contributed by atoms with E-state index < -0.39 is 0 Å². The molecule has 0 aliphatic carbocycles. The molecule has 1 heterocycles. The molecule has 1 N–H and O–H groups in total. The molecule has 0 aromatic carbocycles. The van der Waals surface area contributed by atoms with Gasteiger partial charge in [0.2, 0.25) is 11.8 Å². The van der Waals surface area contributed by atoms with Crippen molar-refractivity contribution in [2.75, 3.05) is 7.05 Å². The van der Waals surface area contributed by atoms with Gasteiger partial charge in [0.15, 0.2) is 0 Å². The molecule has 74 valence electrons. The molecular formula is C9H17N3O. The highest BCUT2D eigenvalue weighted by Gasteiger charge is 2.12. The topological polar surface area (TPSA) is 51.0 Å². The average molecular weight is 183 g/mol. The van der Waals surface area contributed by atoms with Crippen molar-refractivity contribution in [2.45, 2.75) is 33.2 Å². The largest absolute Gasteiger partial charge is 0.424 e. The Morgan fingerprint density at radius 1 is 1.31 bits per heavy atom. The lowest BCUT2D eigenvalue weighted by Gasteiger charge is -2.02. The maximum atomic E-state index is 5.46. The Labute approximate surface area is 78.7 Å². The van der Waals surface area contributed by atoms with Gasteiger partial charge in [-0.2, -0.15) is 0 Å². The summed E-state index contributed by atoms with van der Waals surface area (Å²) < 4.78 is 5.46. The van der Waals surface area contributed by atoms with Crippen molar-refractivity contribution in [1.29, 1.82) is 0 Å². The molecule has 0 aliphatic heterocycles. The first kappa shape index (κ1) is 10.2. The first-order valence-electron chi connectivity index (χ1n) is 4.63. The number of hydrogen-bond acceptors (Lipinski definition) is 4. The third kappa shape index (κ3) is 2.81. The summed E-state index contributed by atoms with van der Waals surface area (Å²) in [6, 6.07) is 0.133. The first-order chi connectivity index (χ1) is 6.13. The van der Waals surface area contributed by atoms with Crippen LogP contribution in [0.15, 0.2) is 4.42 Å². The molecule has 0 saturated heterocycles. The summed E-state index contributed by atoms with van der Waals surface area (Å²) in [6.07, 6.45) is 0.851. The number of hydrogen-bond donors (Lipinski definition) is 1. The van der Waals surface area contributed by atoms with Gasteiger partial charge in [-0.15, -0.1) is 10.2 Å². The van der Waals surface area contributed by atoms with Gasteiger partial charge in [0, 0.05) is 6.42 Å². The SMILES string of the molecule is CNC(C)c1nnc(CC(C)C)o1.